The molecule has 26 heavy (non-hydrogen) atoms. The number of hydrogen-bond donors (Lipinski definition) is 0. The Morgan fingerprint density at radius 1 is 0.885 bits per heavy atom. The first-order chi connectivity index (χ1) is 12.5. The van der Waals surface area contributed by atoms with Crippen LogP contribution in [0.4, 0.5) is 0 Å². The molecule has 4 fully saturated rings. The largest absolute Gasteiger partial charge is 0.107 e. The van der Waals surface area contributed by atoms with E-state index in [9.17, 15) is 0 Å². The van der Waals surface area contributed by atoms with Gasteiger partial charge in [-0.1, -0.05) is 27.2 Å². The predicted octanol–water partition coefficient (Wildman–Crippen LogP) is 7.48. The molecular formula is C26H42. The Morgan fingerprint density at radius 3 is 2.42 bits per heavy atom. The summed E-state index contributed by atoms with van der Waals surface area (Å²) in [4.78, 5) is 0. The van der Waals surface area contributed by atoms with Gasteiger partial charge in [-0.05, 0) is 117 Å². The van der Waals surface area contributed by atoms with E-state index in [-0.39, 0.29) is 0 Å². The van der Waals surface area contributed by atoms with Crippen LogP contribution < -0.4 is 0 Å². The highest BCUT2D eigenvalue weighted by Gasteiger charge is 2.59. The van der Waals surface area contributed by atoms with Gasteiger partial charge in [0.05, 0.1) is 0 Å². The van der Waals surface area contributed by atoms with Gasteiger partial charge in [0.1, 0.15) is 0 Å². The summed E-state index contributed by atoms with van der Waals surface area (Å²) >= 11 is 0. The molecule has 0 bridgehead atoms. The molecular weight excluding hydrogens is 312 g/mol. The van der Waals surface area contributed by atoms with Crippen molar-refractivity contribution in [3.8, 4) is 11.8 Å². The second-order valence-corrected chi connectivity index (χ2v) is 11.0. The molecule has 0 heterocycles. The summed E-state index contributed by atoms with van der Waals surface area (Å²) < 4.78 is 0. The molecule has 0 N–H and O–H groups in total. The number of fused-ring (bicyclic) bond motifs is 5. The molecule has 4 aliphatic rings. The highest BCUT2D eigenvalue weighted by Crippen LogP contribution is 2.68. The lowest BCUT2D eigenvalue weighted by atomic mass is 9.44. The van der Waals surface area contributed by atoms with Gasteiger partial charge >= 0.3 is 0 Å². The van der Waals surface area contributed by atoms with Crippen molar-refractivity contribution in [1.82, 2.24) is 0 Å². The van der Waals surface area contributed by atoms with Crippen LogP contribution >= 0.6 is 0 Å². The van der Waals surface area contributed by atoms with Crippen molar-refractivity contribution in [2.45, 2.75) is 105 Å². The molecule has 4 rings (SSSR count). The lowest BCUT2D eigenvalue weighted by molar-refractivity contribution is -0.118. The minimum atomic E-state index is 0.639. The maximum Gasteiger partial charge on any atom is 0.00914 e. The molecule has 8 unspecified atom stereocenters. The maximum absolute atomic E-state index is 3.35. The summed E-state index contributed by atoms with van der Waals surface area (Å²) in [6.07, 6.45) is 17.7. The average Bonchev–Trinajstić information content (AvgIpc) is 2.98. The van der Waals surface area contributed by atoms with Crippen molar-refractivity contribution in [2.24, 2.45) is 46.3 Å². The molecule has 0 nitrogen and oxygen atoms in total. The van der Waals surface area contributed by atoms with Crippen LogP contribution in [-0.2, 0) is 0 Å². The Balaban J connectivity index is 1.51. The number of hydrogen-bond acceptors (Lipinski definition) is 0. The molecule has 0 aromatic heterocycles. The Kier molecular flexibility index (Phi) is 5.22. The molecule has 0 heteroatoms. The highest BCUT2D eigenvalue weighted by molar-refractivity contribution is 5.09. The second kappa shape index (κ2) is 7.18. The van der Waals surface area contributed by atoms with E-state index in [1.165, 1.54) is 51.4 Å². The molecule has 0 saturated heterocycles. The van der Waals surface area contributed by atoms with Crippen molar-refractivity contribution in [1.29, 1.82) is 0 Å². The van der Waals surface area contributed by atoms with Crippen molar-refractivity contribution < 1.29 is 0 Å². The van der Waals surface area contributed by atoms with Gasteiger partial charge in [0, 0.05) is 6.42 Å². The topological polar surface area (TPSA) is 0 Å². The van der Waals surface area contributed by atoms with Crippen molar-refractivity contribution in [2.75, 3.05) is 0 Å². The first-order valence-corrected chi connectivity index (χ1v) is 11.9. The highest BCUT2D eigenvalue weighted by atomic mass is 14.6. The summed E-state index contributed by atoms with van der Waals surface area (Å²) in [6, 6.07) is 0. The summed E-state index contributed by atoms with van der Waals surface area (Å²) in [6.45, 7) is 9.84. The zero-order valence-corrected chi connectivity index (χ0v) is 17.9. The van der Waals surface area contributed by atoms with Gasteiger partial charge < -0.3 is 0 Å². The molecule has 4 saturated carbocycles. The Labute approximate surface area is 163 Å². The van der Waals surface area contributed by atoms with E-state index < -0.39 is 0 Å². The zero-order valence-electron chi connectivity index (χ0n) is 17.9. The quantitative estimate of drug-likeness (QED) is 0.461. The van der Waals surface area contributed by atoms with Crippen LogP contribution in [0.5, 0.6) is 0 Å². The Bertz CT molecular complexity index is 564. The van der Waals surface area contributed by atoms with E-state index in [1.807, 2.05) is 6.92 Å². The third kappa shape index (κ3) is 2.88. The molecule has 0 aromatic carbocycles. The molecule has 4 aliphatic carbocycles. The van der Waals surface area contributed by atoms with E-state index in [0.717, 1.165) is 41.9 Å². The monoisotopic (exact) mass is 354 g/mol. The van der Waals surface area contributed by atoms with Crippen LogP contribution in [0.15, 0.2) is 0 Å². The van der Waals surface area contributed by atoms with Gasteiger partial charge in [-0.2, -0.15) is 0 Å². The standard InChI is InChI=1S/C26H42/c1-5-7-8-9-20-11-13-23-22-12-10-21-18-19(6-2)14-16-26(21,4)24(22)15-17-25(20,23)3/h19-24H,6,8-18H2,1-4H3. The summed E-state index contributed by atoms with van der Waals surface area (Å²) in [7, 11) is 0. The molecule has 0 radical (unpaired) electrons. The lowest BCUT2D eigenvalue weighted by Gasteiger charge is -2.61. The van der Waals surface area contributed by atoms with Gasteiger partial charge in [-0.15, -0.1) is 11.8 Å². The minimum absolute atomic E-state index is 0.639. The van der Waals surface area contributed by atoms with E-state index in [4.69, 9.17) is 0 Å². The zero-order chi connectivity index (χ0) is 18.4. The first-order valence-electron chi connectivity index (χ1n) is 11.9. The van der Waals surface area contributed by atoms with E-state index in [2.05, 4.69) is 32.6 Å². The van der Waals surface area contributed by atoms with Crippen LogP contribution in [0.25, 0.3) is 0 Å². The van der Waals surface area contributed by atoms with Crippen molar-refractivity contribution >= 4 is 0 Å². The normalized spacial score (nSPS) is 50.2. The summed E-state index contributed by atoms with van der Waals surface area (Å²) in [5.74, 6) is 12.6. The van der Waals surface area contributed by atoms with Gasteiger partial charge in [0.15, 0.2) is 0 Å². The van der Waals surface area contributed by atoms with Crippen LogP contribution in [0, 0.1) is 58.2 Å². The molecule has 0 spiro atoms. The van der Waals surface area contributed by atoms with E-state index in [1.54, 1.807) is 19.3 Å². The van der Waals surface area contributed by atoms with Gasteiger partial charge in [0.2, 0.25) is 0 Å². The smallest absolute Gasteiger partial charge is 0.00914 e. The molecule has 0 aliphatic heterocycles. The van der Waals surface area contributed by atoms with Crippen molar-refractivity contribution in [3.05, 3.63) is 0 Å². The van der Waals surface area contributed by atoms with Crippen molar-refractivity contribution in [3.63, 3.8) is 0 Å². The fourth-order valence-corrected chi connectivity index (χ4v) is 8.67. The van der Waals surface area contributed by atoms with Crippen LogP contribution in [-0.4, -0.2) is 0 Å². The Hall–Kier alpha value is -0.440. The third-order valence-corrected chi connectivity index (χ3v) is 10.3. The van der Waals surface area contributed by atoms with Crippen LogP contribution in [0.2, 0.25) is 0 Å². The SMILES string of the molecule is CC#CCCC1CCC2C3CCC4CC(CC)CCC4(C)C3CCC12C. The maximum atomic E-state index is 3.35. The summed E-state index contributed by atoms with van der Waals surface area (Å²) in [5.41, 5.74) is 1.32. The molecule has 0 amide bonds. The fourth-order valence-electron chi connectivity index (χ4n) is 8.67. The van der Waals surface area contributed by atoms with Gasteiger partial charge in [-0.3, -0.25) is 0 Å². The predicted molar refractivity (Wildman–Crippen MR) is 112 cm³/mol. The van der Waals surface area contributed by atoms with Crippen LogP contribution in [0.3, 0.4) is 0 Å². The van der Waals surface area contributed by atoms with Gasteiger partial charge in [-0.25, -0.2) is 0 Å². The molecule has 8 atom stereocenters. The first kappa shape index (κ1) is 18.9. The minimum Gasteiger partial charge on any atom is -0.107 e. The summed E-state index contributed by atoms with van der Waals surface area (Å²) in [5, 5.41) is 0. The lowest BCUT2D eigenvalue weighted by Crippen LogP contribution is -2.53. The third-order valence-electron chi connectivity index (χ3n) is 10.3. The second-order valence-electron chi connectivity index (χ2n) is 11.0. The fraction of sp³-hybridized carbons (Fsp3) is 0.923. The van der Waals surface area contributed by atoms with Crippen LogP contribution in [0.1, 0.15) is 105 Å². The van der Waals surface area contributed by atoms with E-state index >= 15 is 0 Å². The van der Waals surface area contributed by atoms with Gasteiger partial charge in [0.25, 0.3) is 0 Å². The van der Waals surface area contributed by atoms with E-state index in [0.29, 0.717) is 10.8 Å². The molecule has 0 aromatic rings. The average molecular weight is 355 g/mol. The Morgan fingerprint density at radius 2 is 1.65 bits per heavy atom. The molecule has 146 valence electrons. The number of rotatable bonds is 3.